The maximum absolute atomic E-state index is 15.6. The fourth-order valence-electron chi connectivity index (χ4n) is 5.90. The zero-order valence-electron chi connectivity index (χ0n) is 26.4. The Kier molecular flexibility index (Phi) is 10.6. The van der Waals surface area contributed by atoms with E-state index in [2.05, 4.69) is 18.8 Å². The summed E-state index contributed by atoms with van der Waals surface area (Å²) in [7, 11) is -0.814. The number of rotatable bonds is 8. The van der Waals surface area contributed by atoms with Crippen molar-refractivity contribution in [2.45, 2.75) is 50.7 Å². The summed E-state index contributed by atoms with van der Waals surface area (Å²) in [5.41, 5.74) is 4.60. The Morgan fingerprint density at radius 3 is 2.31 bits per heavy atom. The Morgan fingerprint density at radius 2 is 1.71 bits per heavy atom. The van der Waals surface area contributed by atoms with E-state index in [1.807, 2.05) is 31.2 Å². The van der Waals surface area contributed by atoms with Crippen molar-refractivity contribution in [2.75, 3.05) is 42.8 Å². The van der Waals surface area contributed by atoms with E-state index in [1.54, 1.807) is 32.0 Å². The molecule has 3 aromatic rings. The summed E-state index contributed by atoms with van der Waals surface area (Å²) in [6.07, 6.45) is 6.01. The van der Waals surface area contributed by atoms with Gasteiger partial charge in [0, 0.05) is 22.2 Å². The van der Waals surface area contributed by atoms with Crippen LogP contribution >= 0.6 is 33.2 Å². The highest BCUT2D eigenvalue weighted by molar-refractivity contribution is 8.32. The van der Waals surface area contributed by atoms with Crippen molar-refractivity contribution in [1.82, 2.24) is 0 Å². The van der Waals surface area contributed by atoms with E-state index < -0.39 is 56.0 Å². The van der Waals surface area contributed by atoms with Crippen molar-refractivity contribution < 1.29 is 27.8 Å². The molecule has 244 valence electrons. The summed E-state index contributed by atoms with van der Waals surface area (Å²) >= 11 is 11.9. The molecule has 11 heteroatoms. The Morgan fingerprint density at radius 1 is 1.02 bits per heavy atom. The third kappa shape index (κ3) is 6.88. The van der Waals surface area contributed by atoms with Gasteiger partial charge in [0.1, 0.15) is 23.4 Å². The van der Waals surface area contributed by atoms with Crippen LogP contribution in [0, 0.1) is 18.6 Å². The lowest BCUT2D eigenvalue weighted by molar-refractivity contribution is -0.131. The van der Waals surface area contributed by atoms with Crippen LogP contribution in [0.2, 0.25) is 10.0 Å². The highest BCUT2D eigenvalue weighted by Gasteiger charge is 2.70. The van der Waals surface area contributed by atoms with E-state index in [-0.39, 0.29) is 25.3 Å². The molecule has 0 unspecified atom stereocenters. The van der Waals surface area contributed by atoms with E-state index in [4.69, 9.17) is 38.4 Å². The lowest BCUT2D eigenvalue weighted by Gasteiger charge is -2.39. The molecule has 1 fully saturated rings. The standard InChI is InChI=1S/C27H33ClF2N2O4S.C7H7Cl/c1-16(2)36-21-9-8-19(29)24(30)23(21)27(31)22(33)10-11-26(27)18-7-6-17(28)14-20(18)32(25(26)34)15-35-12-13-37(3,4)5;1-6-3-2-4-7(8)5-6/h6-9,14,16H,10-13,15,31H2,1-5H3;2-5H,1H3/t26-,27-;/m0./s1. The number of benzene rings is 3. The maximum atomic E-state index is 15.6. The second-order valence-corrected chi connectivity index (χ2v) is 18.0. The van der Waals surface area contributed by atoms with Gasteiger partial charge in [0.05, 0.1) is 24.0 Å². The number of hydrogen-bond acceptors (Lipinski definition) is 5. The van der Waals surface area contributed by atoms with Crippen LogP contribution in [0.3, 0.4) is 0 Å². The van der Waals surface area contributed by atoms with Crippen molar-refractivity contribution in [3.05, 3.63) is 93.0 Å². The van der Waals surface area contributed by atoms with Crippen LogP contribution < -0.4 is 15.4 Å². The minimum absolute atomic E-state index is 0.0233. The highest BCUT2D eigenvalue weighted by atomic mass is 35.5. The Hall–Kier alpha value is -2.69. The molecule has 0 bridgehead atoms. The number of hydrogen-bond donors (Lipinski definition) is 1. The molecule has 45 heavy (non-hydrogen) atoms. The quantitative estimate of drug-likeness (QED) is 0.249. The van der Waals surface area contributed by atoms with Gasteiger partial charge in [-0.25, -0.2) is 18.8 Å². The van der Waals surface area contributed by atoms with Crippen LogP contribution in [0.4, 0.5) is 14.5 Å². The van der Waals surface area contributed by atoms with Gasteiger partial charge in [0.15, 0.2) is 17.4 Å². The molecular formula is C34H40Cl2F2N2O4S. The van der Waals surface area contributed by atoms with Crippen LogP contribution in [-0.4, -0.2) is 55.7 Å². The van der Waals surface area contributed by atoms with Gasteiger partial charge in [0.25, 0.3) is 0 Å². The van der Waals surface area contributed by atoms with Crippen LogP contribution in [0.5, 0.6) is 5.75 Å². The average molecular weight is 682 g/mol. The topological polar surface area (TPSA) is 81.9 Å². The van der Waals surface area contributed by atoms with Gasteiger partial charge in [-0.1, -0.05) is 41.4 Å². The summed E-state index contributed by atoms with van der Waals surface area (Å²) < 4.78 is 41.9. The molecule has 1 saturated carbocycles. The fraction of sp³-hybridized carbons (Fsp3) is 0.412. The number of fused-ring (bicyclic) bond motifs is 2. The molecule has 2 aliphatic rings. The van der Waals surface area contributed by atoms with Crippen molar-refractivity contribution in [3.63, 3.8) is 0 Å². The molecule has 1 spiro atoms. The molecule has 1 aliphatic carbocycles. The number of halogens is 4. The Balaban J connectivity index is 0.000000501. The van der Waals surface area contributed by atoms with Gasteiger partial charge >= 0.3 is 0 Å². The molecule has 1 aliphatic heterocycles. The molecule has 0 saturated heterocycles. The SMILES string of the molecule is CC(C)Oc1ccc(F)c(F)c1[C@@]1(N)C(=O)CC[C@]12C(=O)N(COCCS(C)(C)C)c1cc(Cl)ccc12.Cc1cccc(Cl)c1. The summed E-state index contributed by atoms with van der Waals surface area (Å²) in [6.45, 7) is 5.80. The monoisotopic (exact) mass is 680 g/mol. The van der Waals surface area contributed by atoms with Crippen LogP contribution in [-0.2, 0) is 25.3 Å². The summed E-state index contributed by atoms with van der Waals surface area (Å²) in [4.78, 5) is 29.2. The van der Waals surface area contributed by atoms with Crippen LogP contribution in [0.1, 0.15) is 43.4 Å². The third-order valence-corrected chi connectivity index (χ3v) is 9.88. The normalized spacial score (nSPS) is 21.3. The summed E-state index contributed by atoms with van der Waals surface area (Å²) in [5.74, 6) is -2.80. The average Bonchev–Trinajstić information content (AvgIpc) is 3.34. The number of ether oxygens (including phenoxy) is 2. The number of ketones is 1. The maximum Gasteiger partial charge on any atom is 0.242 e. The number of aryl methyl sites for hydroxylation is 1. The number of nitrogens with zero attached hydrogens (tertiary/aromatic N) is 1. The molecule has 5 rings (SSSR count). The minimum atomic E-state index is -2.21. The van der Waals surface area contributed by atoms with Gasteiger partial charge in [0.2, 0.25) is 5.91 Å². The van der Waals surface area contributed by atoms with Gasteiger partial charge in [-0.15, -0.1) is 0 Å². The van der Waals surface area contributed by atoms with E-state index in [1.165, 1.54) is 16.5 Å². The smallest absolute Gasteiger partial charge is 0.242 e. The number of nitrogens with two attached hydrogens (primary N) is 1. The molecule has 3 aromatic carbocycles. The van der Waals surface area contributed by atoms with E-state index in [9.17, 15) is 14.0 Å². The first-order valence-electron chi connectivity index (χ1n) is 14.6. The van der Waals surface area contributed by atoms with Crippen molar-refractivity contribution in [3.8, 4) is 5.75 Å². The second kappa shape index (κ2) is 13.6. The molecule has 0 aromatic heterocycles. The largest absolute Gasteiger partial charge is 0.491 e. The number of carbonyl (C=O) groups is 2. The molecule has 1 heterocycles. The Labute approximate surface area is 275 Å². The lowest BCUT2D eigenvalue weighted by Crippen LogP contribution is -2.61. The number of anilines is 1. The zero-order chi connectivity index (χ0) is 33.3. The van der Waals surface area contributed by atoms with E-state index >= 15 is 4.39 Å². The zero-order valence-corrected chi connectivity index (χ0v) is 28.7. The second-order valence-electron chi connectivity index (χ2n) is 12.6. The summed E-state index contributed by atoms with van der Waals surface area (Å²) in [5, 5.41) is 1.19. The number of amides is 1. The van der Waals surface area contributed by atoms with Gasteiger partial charge in [-0.3, -0.25) is 14.5 Å². The molecule has 2 N–H and O–H groups in total. The lowest BCUT2D eigenvalue weighted by atomic mass is 9.64. The van der Waals surface area contributed by atoms with Crippen LogP contribution in [0.15, 0.2) is 54.6 Å². The van der Waals surface area contributed by atoms with E-state index in [0.29, 0.717) is 22.9 Å². The third-order valence-electron chi connectivity index (χ3n) is 8.01. The first kappa shape index (κ1) is 35.2. The predicted octanol–water partition coefficient (Wildman–Crippen LogP) is 7.52. The van der Waals surface area contributed by atoms with Crippen molar-refractivity contribution in [2.24, 2.45) is 5.73 Å². The minimum Gasteiger partial charge on any atom is -0.491 e. The van der Waals surface area contributed by atoms with Crippen LogP contribution in [0.25, 0.3) is 0 Å². The molecule has 6 nitrogen and oxygen atoms in total. The van der Waals surface area contributed by atoms with Gasteiger partial charge in [-0.2, -0.15) is 0 Å². The van der Waals surface area contributed by atoms with Gasteiger partial charge < -0.3 is 15.2 Å². The first-order chi connectivity index (χ1) is 21.0. The molecule has 0 radical (unpaired) electrons. The number of Topliss-reactive ketones (excluding diaryl/α,β-unsaturated/α-hetero) is 1. The number of carbonyl (C=O) groups excluding carboxylic acids is 2. The first-order valence-corrected chi connectivity index (χ1v) is 18.4. The molecule has 1 amide bonds. The summed E-state index contributed by atoms with van der Waals surface area (Å²) in [6, 6.07) is 14.8. The molecular weight excluding hydrogens is 641 g/mol. The van der Waals surface area contributed by atoms with Crippen molar-refractivity contribution >= 4 is 50.6 Å². The van der Waals surface area contributed by atoms with Crippen molar-refractivity contribution in [1.29, 1.82) is 0 Å². The Bertz CT molecular complexity index is 1580. The molecule has 2 atom stereocenters. The van der Waals surface area contributed by atoms with E-state index in [0.717, 1.165) is 16.8 Å². The predicted molar refractivity (Wildman–Crippen MR) is 180 cm³/mol. The fourth-order valence-corrected chi connectivity index (χ4v) is 6.93. The van der Waals surface area contributed by atoms with Gasteiger partial charge in [-0.05, 0) is 93.5 Å². The highest BCUT2D eigenvalue weighted by Crippen LogP contribution is 2.59.